The molecular weight excluding hydrogens is 1050 g/mol. The molecule has 7 aromatic carbocycles. The van der Waals surface area contributed by atoms with E-state index in [2.05, 4.69) is 91.0 Å². The Kier molecular flexibility index (Phi) is 15.5. The van der Waals surface area contributed by atoms with Crippen LogP contribution in [0, 0.1) is 5.92 Å². The molecule has 0 nitrogen and oxygen atoms in total. The normalized spacial score (nSPS) is 13.1. The van der Waals surface area contributed by atoms with Crippen LogP contribution in [0.25, 0.3) is 0 Å². The maximum Gasteiger partial charge on any atom is 0.416 e. The van der Waals surface area contributed by atoms with Crippen LogP contribution in [0.5, 0.6) is 0 Å². The molecule has 22 heteroatoms. The van der Waals surface area contributed by atoms with Crippen LogP contribution in [-0.2, 0) is 37.1 Å². The zero-order valence-electron chi connectivity index (χ0n) is 36.3. The zero-order valence-corrected chi connectivity index (χ0v) is 38.8. The summed E-state index contributed by atoms with van der Waals surface area (Å²) in [6, 6.07) is 32.0. The topological polar surface area (TPSA) is 0 Å². The van der Waals surface area contributed by atoms with Gasteiger partial charge in [0.1, 0.15) is 6.15 Å². The van der Waals surface area contributed by atoms with E-state index >= 15 is 0 Å². The summed E-state index contributed by atoms with van der Waals surface area (Å²) >= 11 is 12.3. The van der Waals surface area contributed by atoms with E-state index in [1.165, 1.54) is 29.2 Å². The van der Waals surface area contributed by atoms with E-state index in [1.54, 1.807) is 0 Å². The Labute approximate surface area is 409 Å². The predicted octanol–water partition coefficient (Wildman–Crippen LogP) is 14.6. The van der Waals surface area contributed by atoms with Crippen molar-refractivity contribution in [3.8, 4) is 0 Å². The lowest BCUT2D eigenvalue weighted by Gasteiger charge is -2.46. The summed E-state index contributed by atoms with van der Waals surface area (Å²) in [5.41, 5.74) is -15.4. The number of hydrogen-bond donors (Lipinski definition) is 0. The van der Waals surface area contributed by atoms with E-state index in [9.17, 15) is 79.0 Å². The molecule has 0 bridgehead atoms. The van der Waals surface area contributed by atoms with E-state index in [-0.39, 0.29) is 41.6 Å². The molecule has 0 aliphatic heterocycles. The number of alkyl halides is 18. The Morgan fingerprint density at radius 1 is 0.319 bits per heavy atom. The zero-order chi connectivity index (χ0) is 53.5. The van der Waals surface area contributed by atoms with Gasteiger partial charge in [-0.3, -0.25) is 0 Å². The second-order valence-electron chi connectivity index (χ2n) is 16.4. The van der Waals surface area contributed by atoms with E-state index in [4.69, 9.17) is 22.2 Å². The van der Waals surface area contributed by atoms with Crippen LogP contribution in [0.1, 0.15) is 50.1 Å². The van der Waals surface area contributed by atoms with E-state index in [1.807, 2.05) is 0 Å². The number of rotatable bonds is 8. The Morgan fingerprint density at radius 3 is 0.736 bits per heavy atom. The van der Waals surface area contributed by atoms with Gasteiger partial charge >= 0.3 is 37.1 Å². The summed E-state index contributed by atoms with van der Waals surface area (Å²) in [6.45, 7) is -2.25. The van der Waals surface area contributed by atoms with Crippen LogP contribution in [0.15, 0.2) is 170 Å². The lowest BCUT2D eigenvalue weighted by atomic mass is 9.12. The van der Waals surface area contributed by atoms with Crippen LogP contribution in [0.4, 0.5) is 79.0 Å². The van der Waals surface area contributed by atoms with Crippen LogP contribution in [-0.4, -0.2) is 12.8 Å². The summed E-state index contributed by atoms with van der Waals surface area (Å²) in [6.07, 6.45) is -39.4. The van der Waals surface area contributed by atoms with E-state index < -0.39 is 123 Å². The minimum atomic E-state index is -5.78. The third-order valence-corrected chi connectivity index (χ3v) is 14.1. The van der Waals surface area contributed by atoms with Gasteiger partial charge in [0.05, 0.1) is 56.0 Å². The molecule has 7 aromatic rings. The van der Waals surface area contributed by atoms with Gasteiger partial charge in [0.25, 0.3) is 6.69 Å². The van der Waals surface area contributed by atoms with Crippen LogP contribution < -0.4 is 27.0 Å². The predicted molar refractivity (Wildman–Crippen MR) is 243 cm³/mol. The lowest BCUT2D eigenvalue weighted by molar-refractivity contribution is -0.144. The average Bonchev–Trinajstić information content (AvgIpc) is 3.29. The Balaban J connectivity index is 0.000000368. The molecule has 0 saturated carbocycles. The maximum atomic E-state index is 14.2. The van der Waals surface area contributed by atoms with Crippen LogP contribution >= 0.6 is 22.2 Å². The molecule has 378 valence electrons. The van der Waals surface area contributed by atoms with Gasteiger partial charge in [0, 0.05) is 0 Å². The third-order valence-electron chi connectivity index (χ3n) is 11.4. The van der Waals surface area contributed by atoms with Gasteiger partial charge in [-0.25, -0.2) is 0 Å². The maximum absolute atomic E-state index is 14.2. The van der Waals surface area contributed by atoms with Gasteiger partial charge in [-0.2, -0.15) is 101 Å². The monoisotopic (exact) mass is 1080 g/mol. The standard InChI is InChI=1S/C31H16BCl2F18Si.C19H15/c1-53(33,34)25-4-2-21(3-5-25)32(22-9-15(26(35,36)37)6-16(10-22)27(38,39)40,23-11-17(28(41,42)43)7-18(12-23)29(44,45)46)24-13-19(30(47,48)49)8-20(14-24)31(50,51)52;1-4-10-16(11-5-1)19(17-12-6-2-7-13-17)18-14-8-3-9-15-18/h2-14H,1H3;1-15H/q-1;+1. The molecule has 7 rings (SSSR count). The fraction of sp³-hybridized carbons (Fsp3) is 0.140. The number of benzene rings is 7. The first kappa shape index (κ1) is 55.3. The fourth-order valence-electron chi connectivity index (χ4n) is 8.22. The molecule has 0 fully saturated rings. The minimum absolute atomic E-state index is 0.0469. The average molecular weight is 1080 g/mol. The summed E-state index contributed by atoms with van der Waals surface area (Å²) in [5, 5.41) is -0.0469. The minimum Gasteiger partial charge on any atom is -0.195 e. The first-order chi connectivity index (χ1) is 33.1. The summed E-state index contributed by atoms with van der Waals surface area (Å²) < 4.78 is 256. The first-order valence-corrected chi connectivity index (χ1v) is 25.2. The second kappa shape index (κ2) is 20.1. The molecule has 0 aliphatic rings. The largest absolute Gasteiger partial charge is 0.416 e. The van der Waals surface area contributed by atoms with Crippen molar-refractivity contribution in [2.75, 3.05) is 0 Å². The quantitative estimate of drug-likeness (QED) is 0.0468. The molecular formula is C50H31BCl2F18Si. The van der Waals surface area contributed by atoms with Gasteiger partial charge in [-0.05, 0) is 103 Å². The van der Waals surface area contributed by atoms with Gasteiger partial charge in [-0.1, -0.05) is 78.9 Å². The van der Waals surface area contributed by atoms with Gasteiger partial charge < -0.3 is 0 Å². The summed E-state index contributed by atoms with van der Waals surface area (Å²) in [4.78, 5) is 0. The van der Waals surface area contributed by atoms with Gasteiger partial charge in [0.15, 0.2) is 0 Å². The van der Waals surface area contributed by atoms with Crippen molar-refractivity contribution in [3.63, 3.8) is 0 Å². The van der Waals surface area contributed by atoms with Crippen molar-refractivity contribution in [2.24, 2.45) is 0 Å². The lowest BCUT2D eigenvalue weighted by Crippen LogP contribution is -2.75. The Morgan fingerprint density at radius 2 is 0.542 bits per heavy atom. The number of hydrogen-bond acceptors (Lipinski definition) is 0. The van der Waals surface area contributed by atoms with E-state index in [0.29, 0.717) is 12.1 Å². The SMILES string of the molecule is C[Si](Cl)(Cl)c1ccc([B-](c2cc(C(F)(F)F)cc(C(F)(F)F)c2)(c2cc(C(F)(F)F)cc(C(F)(F)F)c2)c2cc(C(F)(F)F)cc(C(F)(F)F)c2)cc1.c1ccc([C+](c2ccccc2)c2ccccc2)cc1. The van der Waals surface area contributed by atoms with E-state index in [0.717, 1.165) is 12.1 Å². The Hall–Kier alpha value is -5.99. The van der Waals surface area contributed by atoms with Gasteiger partial charge in [-0.15, -0.1) is 22.2 Å². The second-order valence-corrected chi connectivity index (χ2v) is 23.8. The smallest absolute Gasteiger partial charge is 0.195 e. The molecule has 0 saturated heterocycles. The molecule has 0 atom stereocenters. The fourth-order valence-corrected chi connectivity index (χ4v) is 9.73. The molecule has 0 amide bonds. The molecule has 0 aliphatic carbocycles. The molecule has 0 radical (unpaired) electrons. The highest BCUT2D eigenvalue weighted by Gasteiger charge is 2.45. The highest BCUT2D eigenvalue weighted by atomic mass is 35.7. The molecule has 0 N–H and O–H groups in total. The molecule has 72 heavy (non-hydrogen) atoms. The highest BCUT2D eigenvalue weighted by Crippen LogP contribution is 2.40. The van der Waals surface area contributed by atoms with Crippen LogP contribution in [0.3, 0.4) is 0 Å². The highest BCUT2D eigenvalue weighted by molar-refractivity contribution is 7.50. The molecule has 0 unspecified atom stereocenters. The summed E-state index contributed by atoms with van der Waals surface area (Å²) in [5.74, 6) is 1.28. The number of halogens is 20. The third kappa shape index (κ3) is 12.6. The molecule has 0 heterocycles. The van der Waals surface area contributed by atoms with Gasteiger partial charge in [0.2, 0.25) is 0 Å². The summed E-state index contributed by atoms with van der Waals surface area (Å²) in [7, 11) is 0. The van der Waals surface area contributed by atoms with Crippen molar-refractivity contribution in [3.05, 3.63) is 226 Å². The van der Waals surface area contributed by atoms with Crippen LogP contribution in [0.2, 0.25) is 6.55 Å². The Bertz CT molecular complexity index is 2590. The first-order valence-electron chi connectivity index (χ1n) is 20.7. The van der Waals surface area contributed by atoms with Crippen molar-refractivity contribution in [1.82, 2.24) is 0 Å². The van der Waals surface area contributed by atoms with Crippen molar-refractivity contribution < 1.29 is 79.0 Å². The molecule has 0 spiro atoms. The molecule has 0 aromatic heterocycles. The van der Waals surface area contributed by atoms with Crippen molar-refractivity contribution >= 4 is 62.0 Å². The van der Waals surface area contributed by atoms with Crippen molar-refractivity contribution in [2.45, 2.75) is 43.6 Å². The van der Waals surface area contributed by atoms with Crippen molar-refractivity contribution in [1.29, 1.82) is 0 Å².